The second-order valence-electron chi connectivity index (χ2n) is 3.67. The molecule has 0 aliphatic rings. The van der Waals surface area contributed by atoms with Crippen LogP contribution >= 0.6 is 0 Å². The van der Waals surface area contributed by atoms with Crippen LogP contribution in [0.4, 0.5) is 5.95 Å². The summed E-state index contributed by atoms with van der Waals surface area (Å²) in [4.78, 5) is 15.2. The van der Waals surface area contributed by atoms with Gasteiger partial charge in [-0.05, 0) is 6.92 Å². The molecule has 18 heavy (non-hydrogen) atoms. The molecule has 2 rings (SSSR count). The molecule has 0 spiro atoms. The summed E-state index contributed by atoms with van der Waals surface area (Å²) in [6.45, 7) is 2.96. The fourth-order valence-electron chi connectivity index (χ4n) is 1.38. The van der Waals surface area contributed by atoms with Crippen LogP contribution in [-0.2, 0) is 29.2 Å². The minimum absolute atomic E-state index is 0.00782. The third-order valence-electron chi connectivity index (χ3n) is 2.26. The van der Waals surface area contributed by atoms with Gasteiger partial charge in [0.25, 0.3) is 0 Å². The number of anilines is 1. The molecule has 0 fully saturated rings. The van der Waals surface area contributed by atoms with Crippen molar-refractivity contribution in [2.24, 2.45) is 0 Å². The van der Waals surface area contributed by atoms with E-state index in [4.69, 9.17) is 10.5 Å². The van der Waals surface area contributed by atoms with E-state index in [9.17, 15) is 4.79 Å². The van der Waals surface area contributed by atoms with E-state index in [1.54, 1.807) is 10.9 Å². The van der Waals surface area contributed by atoms with Crippen LogP contribution < -0.4 is 5.73 Å². The van der Waals surface area contributed by atoms with Gasteiger partial charge in [0.1, 0.15) is 19.5 Å². The number of hydrogen-bond acceptors (Lipinski definition) is 6. The van der Waals surface area contributed by atoms with Crippen LogP contribution in [0.3, 0.4) is 0 Å². The first-order valence-corrected chi connectivity index (χ1v) is 5.49. The summed E-state index contributed by atoms with van der Waals surface area (Å²) in [5.41, 5.74) is 6.18. The van der Waals surface area contributed by atoms with E-state index < -0.39 is 5.97 Å². The van der Waals surface area contributed by atoms with Crippen LogP contribution in [0.25, 0.3) is 0 Å². The zero-order chi connectivity index (χ0) is 13.0. The molecule has 0 bridgehead atoms. The minimum atomic E-state index is -0.399. The van der Waals surface area contributed by atoms with Crippen LogP contribution in [0.1, 0.15) is 12.5 Å². The Bertz CT molecular complexity index is 532. The molecule has 0 saturated carbocycles. The van der Waals surface area contributed by atoms with Crippen LogP contribution in [0.2, 0.25) is 0 Å². The van der Waals surface area contributed by atoms with Crippen LogP contribution in [0, 0.1) is 0 Å². The molecule has 0 aromatic carbocycles. The molecule has 2 N–H and O–H groups in total. The van der Waals surface area contributed by atoms with E-state index in [0.29, 0.717) is 0 Å². The highest BCUT2D eigenvalue weighted by molar-refractivity contribution is 5.69. The van der Waals surface area contributed by atoms with Gasteiger partial charge in [0, 0.05) is 18.3 Å². The van der Waals surface area contributed by atoms with Crippen LogP contribution in [-0.4, -0.2) is 30.5 Å². The number of nitrogen functional groups attached to an aromatic ring is 1. The van der Waals surface area contributed by atoms with E-state index in [1.165, 1.54) is 11.0 Å². The molecule has 0 radical (unpaired) electrons. The molecule has 8 heteroatoms. The van der Waals surface area contributed by atoms with Gasteiger partial charge in [0.2, 0.25) is 5.95 Å². The third kappa shape index (κ3) is 3.06. The smallest absolute Gasteiger partial charge is 0.328 e. The Hall–Kier alpha value is -2.38. The lowest BCUT2D eigenvalue weighted by atomic mass is 10.4. The first-order chi connectivity index (χ1) is 8.67. The maximum Gasteiger partial charge on any atom is 0.328 e. The maximum absolute atomic E-state index is 11.5. The molecule has 2 heterocycles. The number of esters is 1. The molecule has 2 aromatic rings. The topological polar surface area (TPSA) is 101 Å². The zero-order valence-corrected chi connectivity index (χ0v) is 9.98. The lowest BCUT2D eigenvalue weighted by Gasteiger charge is -2.02. The lowest BCUT2D eigenvalue weighted by Crippen LogP contribution is -2.14. The molecular formula is C10H14N6O2. The van der Waals surface area contributed by atoms with Gasteiger partial charge in [-0.1, -0.05) is 0 Å². The highest BCUT2D eigenvalue weighted by Gasteiger charge is 2.07. The summed E-state index contributed by atoms with van der Waals surface area (Å²) in [5, 5.41) is 7.87. The molecule has 0 atom stereocenters. The van der Waals surface area contributed by atoms with Crippen molar-refractivity contribution in [3.05, 3.63) is 24.3 Å². The van der Waals surface area contributed by atoms with Gasteiger partial charge >= 0.3 is 5.97 Å². The van der Waals surface area contributed by atoms with Gasteiger partial charge in [0.15, 0.2) is 0 Å². The largest absolute Gasteiger partial charge is 0.459 e. The highest BCUT2D eigenvalue weighted by atomic mass is 16.5. The molecular weight excluding hydrogens is 236 g/mol. The van der Waals surface area contributed by atoms with Crippen molar-refractivity contribution in [1.82, 2.24) is 24.5 Å². The Kier molecular flexibility index (Phi) is 3.56. The Morgan fingerprint density at radius 2 is 2.33 bits per heavy atom. The summed E-state index contributed by atoms with van der Waals surface area (Å²) >= 11 is 0. The highest BCUT2D eigenvalue weighted by Crippen LogP contribution is 2.01. The van der Waals surface area contributed by atoms with Crippen molar-refractivity contribution in [2.75, 3.05) is 5.73 Å². The number of rotatable bonds is 5. The molecule has 0 unspecified atom stereocenters. The van der Waals surface area contributed by atoms with Crippen molar-refractivity contribution in [1.29, 1.82) is 0 Å². The van der Waals surface area contributed by atoms with Gasteiger partial charge in [-0.3, -0.25) is 9.48 Å². The number of nitrogens with two attached hydrogens (primary N) is 1. The fraction of sp³-hybridized carbons (Fsp3) is 0.400. The fourth-order valence-corrected chi connectivity index (χ4v) is 1.38. The first-order valence-electron chi connectivity index (χ1n) is 5.49. The zero-order valence-electron chi connectivity index (χ0n) is 9.98. The first kappa shape index (κ1) is 12.1. The number of aromatic nitrogens is 5. The molecule has 0 aliphatic carbocycles. The van der Waals surface area contributed by atoms with Crippen LogP contribution in [0.5, 0.6) is 0 Å². The molecule has 96 valence electrons. The summed E-state index contributed by atoms with van der Waals surface area (Å²) in [6, 6.07) is 0. The molecule has 0 saturated heterocycles. The summed E-state index contributed by atoms with van der Waals surface area (Å²) in [6.07, 6.45) is 4.89. The predicted molar refractivity (Wildman–Crippen MR) is 62.1 cm³/mol. The number of ether oxygens (including phenoxy) is 1. The van der Waals surface area contributed by atoms with E-state index in [1.807, 2.05) is 13.1 Å². The molecule has 0 aliphatic heterocycles. The summed E-state index contributed by atoms with van der Waals surface area (Å²) in [7, 11) is 0. The van der Waals surface area contributed by atoms with E-state index in [-0.39, 0.29) is 19.1 Å². The predicted octanol–water partition coefficient (Wildman–Crippen LogP) is -0.180. The van der Waals surface area contributed by atoms with Crippen molar-refractivity contribution in [2.45, 2.75) is 26.6 Å². The second-order valence-corrected chi connectivity index (χ2v) is 3.67. The Labute approximate surface area is 103 Å². The molecule has 2 aromatic heterocycles. The standard InChI is InChI=1S/C10H14N6O2/c1-2-15-4-8(3-13-15)6-18-9(17)5-16-7-12-10(11)14-16/h3-4,7H,2,5-6H2,1H3,(H2,11,14). The second kappa shape index (κ2) is 5.30. The number of nitrogens with zero attached hydrogens (tertiary/aromatic N) is 5. The molecule has 8 nitrogen and oxygen atoms in total. The third-order valence-corrected chi connectivity index (χ3v) is 2.26. The van der Waals surface area contributed by atoms with Crippen molar-refractivity contribution in [3.8, 4) is 0 Å². The summed E-state index contributed by atoms with van der Waals surface area (Å²) in [5.74, 6) is -0.267. The Morgan fingerprint density at radius 3 is 2.94 bits per heavy atom. The van der Waals surface area contributed by atoms with Gasteiger partial charge in [-0.15, -0.1) is 5.10 Å². The quantitative estimate of drug-likeness (QED) is 0.739. The maximum atomic E-state index is 11.5. The van der Waals surface area contributed by atoms with Gasteiger partial charge in [-0.2, -0.15) is 5.10 Å². The number of aryl methyl sites for hydroxylation is 1. The van der Waals surface area contributed by atoms with Gasteiger partial charge < -0.3 is 10.5 Å². The summed E-state index contributed by atoms with van der Waals surface area (Å²) < 4.78 is 8.17. The van der Waals surface area contributed by atoms with E-state index >= 15 is 0 Å². The lowest BCUT2D eigenvalue weighted by molar-refractivity contribution is -0.145. The number of hydrogen-bond donors (Lipinski definition) is 1. The van der Waals surface area contributed by atoms with Crippen LogP contribution in [0.15, 0.2) is 18.7 Å². The number of carbonyl (C=O) groups is 1. The van der Waals surface area contributed by atoms with Gasteiger partial charge in [-0.25, -0.2) is 9.67 Å². The van der Waals surface area contributed by atoms with Crippen molar-refractivity contribution < 1.29 is 9.53 Å². The monoisotopic (exact) mass is 250 g/mol. The van der Waals surface area contributed by atoms with Crippen molar-refractivity contribution in [3.63, 3.8) is 0 Å². The minimum Gasteiger partial charge on any atom is -0.459 e. The van der Waals surface area contributed by atoms with Gasteiger partial charge in [0.05, 0.1) is 6.20 Å². The average molecular weight is 250 g/mol. The SMILES string of the molecule is CCn1cc(COC(=O)Cn2cnc(N)n2)cn1. The molecule has 0 amide bonds. The van der Waals surface area contributed by atoms with Crippen molar-refractivity contribution >= 4 is 11.9 Å². The Morgan fingerprint density at radius 1 is 1.50 bits per heavy atom. The number of carbonyl (C=O) groups excluding carboxylic acids is 1. The Balaban J connectivity index is 1.81. The normalized spacial score (nSPS) is 10.5. The van der Waals surface area contributed by atoms with E-state index in [0.717, 1.165) is 12.1 Å². The average Bonchev–Trinajstić information content (AvgIpc) is 2.95. The van der Waals surface area contributed by atoms with E-state index in [2.05, 4.69) is 15.2 Å².